The second kappa shape index (κ2) is 12.1. The molecule has 0 spiro atoms. The zero-order chi connectivity index (χ0) is 15.2. The molecule has 4 heteroatoms. The molecule has 1 saturated heterocycles. The third-order valence-electron chi connectivity index (χ3n) is 3.30. The van der Waals surface area contributed by atoms with Crippen LogP contribution in [-0.2, 0) is 0 Å². The predicted molar refractivity (Wildman–Crippen MR) is 89.2 cm³/mol. The van der Waals surface area contributed by atoms with Crippen molar-refractivity contribution in [2.24, 2.45) is 5.73 Å². The van der Waals surface area contributed by atoms with Crippen LogP contribution in [0.5, 0.6) is 0 Å². The molecule has 4 N–H and O–H groups in total. The van der Waals surface area contributed by atoms with E-state index in [-0.39, 0.29) is 0 Å². The number of H-pyrrole nitrogens is 1. The highest BCUT2D eigenvalue weighted by atomic mass is 14.9. The van der Waals surface area contributed by atoms with Crippen LogP contribution in [0.3, 0.4) is 0 Å². The summed E-state index contributed by atoms with van der Waals surface area (Å²) in [6.07, 6.45) is 8.77. The summed E-state index contributed by atoms with van der Waals surface area (Å²) in [4.78, 5) is 6.42. The normalized spacial score (nSPS) is 14.4. The molecule has 2 heterocycles. The van der Waals surface area contributed by atoms with E-state index in [4.69, 9.17) is 5.73 Å². The standard InChI is InChI=1S/C11H15N.C3H4N2.C3H9N/c1-2-4-10(5-3-1)11-6-8-12-9-7-11;1-2-5-3-4-1;1-2-3-4/h1-5,11-12H,6-9H2;1-3H,(H,4,5);2-4H2,1H3. The van der Waals surface area contributed by atoms with Gasteiger partial charge in [0.1, 0.15) is 0 Å². The first kappa shape index (κ1) is 17.4. The molecule has 2 aromatic rings. The summed E-state index contributed by atoms with van der Waals surface area (Å²) in [6.45, 7) is 5.24. The van der Waals surface area contributed by atoms with Crippen molar-refractivity contribution >= 4 is 0 Å². The molecule has 1 aliphatic rings. The molecule has 1 aromatic carbocycles. The minimum absolute atomic E-state index is 0.799. The van der Waals surface area contributed by atoms with Crippen molar-refractivity contribution in [1.29, 1.82) is 0 Å². The van der Waals surface area contributed by atoms with E-state index in [0.29, 0.717) is 0 Å². The highest BCUT2D eigenvalue weighted by molar-refractivity contribution is 5.19. The lowest BCUT2D eigenvalue weighted by atomic mass is 9.90. The Balaban J connectivity index is 0.000000203. The third kappa shape index (κ3) is 8.27. The molecule has 1 aliphatic heterocycles. The van der Waals surface area contributed by atoms with Gasteiger partial charge in [-0.2, -0.15) is 0 Å². The lowest BCUT2D eigenvalue weighted by Gasteiger charge is -2.22. The SMILES string of the molecule is CCCN.c1c[nH]cn1.c1ccc(C2CCNCC2)cc1. The molecule has 0 amide bonds. The van der Waals surface area contributed by atoms with E-state index < -0.39 is 0 Å². The molecular formula is C17H28N4. The fraction of sp³-hybridized carbons (Fsp3) is 0.471. The zero-order valence-electron chi connectivity index (χ0n) is 13.0. The second-order valence-electron chi connectivity index (χ2n) is 4.98. The Morgan fingerprint density at radius 3 is 2.29 bits per heavy atom. The molecule has 0 aliphatic carbocycles. The van der Waals surface area contributed by atoms with Crippen molar-refractivity contribution in [3.63, 3.8) is 0 Å². The lowest BCUT2D eigenvalue weighted by molar-refractivity contribution is 0.460. The summed E-state index contributed by atoms with van der Waals surface area (Å²) in [6, 6.07) is 10.9. The number of nitrogens with one attached hydrogen (secondary N) is 2. The number of aromatic nitrogens is 2. The van der Waals surface area contributed by atoms with E-state index in [1.165, 1.54) is 31.5 Å². The van der Waals surface area contributed by atoms with E-state index in [1.54, 1.807) is 18.7 Å². The number of rotatable bonds is 2. The van der Waals surface area contributed by atoms with Gasteiger partial charge in [-0.15, -0.1) is 0 Å². The van der Waals surface area contributed by atoms with E-state index in [1.807, 2.05) is 0 Å². The van der Waals surface area contributed by atoms with Crippen molar-refractivity contribution in [3.05, 3.63) is 54.6 Å². The second-order valence-corrected chi connectivity index (χ2v) is 4.98. The molecule has 0 saturated carbocycles. The predicted octanol–water partition coefficient (Wildman–Crippen LogP) is 2.92. The van der Waals surface area contributed by atoms with Crippen molar-refractivity contribution in [1.82, 2.24) is 15.3 Å². The van der Waals surface area contributed by atoms with Gasteiger partial charge in [-0.3, -0.25) is 0 Å². The smallest absolute Gasteiger partial charge is 0.0919 e. The van der Waals surface area contributed by atoms with Gasteiger partial charge in [0.25, 0.3) is 0 Å². The third-order valence-corrected chi connectivity index (χ3v) is 3.30. The number of aromatic amines is 1. The number of nitrogens with two attached hydrogens (primary N) is 1. The van der Waals surface area contributed by atoms with Gasteiger partial charge in [0.05, 0.1) is 6.33 Å². The summed E-state index contributed by atoms with van der Waals surface area (Å²) < 4.78 is 0. The van der Waals surface area contributed by atoms with Gasteiger partial charge in [-0.05, 0) is 50.4 Å². The van der Waals surface area contributed by atoms with Crippen LogP contribution in [-0.4, -0.2) is 29.6 Å². The maximum atomic E-state index is 5.03. The minimum atomic E-state index is 0.799. The summed E-state index contributed by atoms with van der Waals surface area (Å²) >= 11 is 0. The van der Waals surface area contributed by atoms with Gasteiger partial charge in [0, 0.05) is 12.4 Å². The maximum Gasteiger partial charge on any atom is 0.0919 e. The molecule has 0 bridgehead atoms. The topological polar surface area (TPSA) is 66.7 Å². The van der Waals surface area contributed by atoms with Gasteiger partial charge >= 0.3 is 0 Å². The first-order valence-corrected chi connectivity index (χ1v) is 7.77. The molecular weight excluding hydrogens is 260 g/mol. The summed E-state index contributed by atoms with van der Waals surface area (Å²) in [7, 11) is 0. The highest BCUT2D eigenvalue weighted by Crippen LogP contribution is 2.24. The van der Waals surface area contributed by atoms with Gasteiger partial charge < -0.3 is 16.0 Å². The van der Waals surface area contributed by atoms with E-state index in [0.717, 1.165) is 18.9 Å². The molecule has 1 fully saturated rings. The van der Waals surface area contributed by atoms with E-state index in [9.17, 15) is 0 Å². The average Bonchev–Trinajstić information content (AvgIpc) is 3.17. The summed E-state index contributed by atoms with van der Waals surface area (Å²) in [5.41, 5.74) is 6.54. The Kier molecular flexibility index (Phi) is 10.0. The van der Waals surface area contributed by atoms with Crippen molar-refractivity contribution < 1.29 is 0 Å². The van der Waals surface area contributed by atoms with Crippen LogP contribution in [0.4, 0.5) is 0 Å². The maximum absolute atomic E-state index is 5.03. The Hall–Kier alpha value is -1.65. The molecule has 4 nitrogen and oxygen atoms in total. The molecule has 3 rings (SSSR count). The number of benzene rings is 1. The van der Waals surface area contributed by atoms with Gasteiger partial charge in [-0.1, -0.05) is 37.3 Å². The van der Waals surface area contributed by atoms with Crippen molar-refractivity contribution in [2.45, 2.75) is 32.1 Å². The molecule has 0 unspecified atom stereocenters. The van der Waals surface area contributed by atoms with E-state index >= 15 is 0 Å². The van der Waals surface area contributed by atoms with Gasteiger partial charge in [0.2, 0.25) is 0 Å². The number of piperidine rings is 1. The summed E-state index contributed by atoms with van der Waals surface area (Å²) in [5, 5.41) is 3.38. The van der Waals surface area contributed by atoms with Crippen LogP contribution in [0.25, 0.3) is 0 Å². The highest BCUT2D eigenvalue weighted by Gasteiger charge is 2.13. The van der Waals surface area contributed by atoms with Crippen LogP contribution < -0.4 is 11.1 Å². The summed E-state index contributed by atoms with van der Waals surface area (Å²) in [5.74, 6) is 0.799. The molecule has 21 heavy (non-hydrogen) atoms. The van der Waals surface area contributed by atoms with Crippen molar-refractivity contribution in [2.75, 3.05) is 19.6 Å². The quantitative estimate of drug-likeness (QED) is 0.796. The Bertz CT molecular complexity index is 388. The lowest BCUT2D eigenvalue weighted by Crippen LogP contribution is -2.26. The average molecular weight is 288 g/mol. The fourth-order valence-corrected chi connectivity index (χ4v) is 2.10. The van der Waals surface area contributed by atoms with E-state index in [2.05, 4.69) is 52.5 Å². The number of hydrogen-bond acceptors (Lipinski definition) is 3. The molecule has 1 aromatic heterocycles. The van der Waals surface area contributed by atoms with Crippen LogP contribution in [0.1, 0.15) is 37.7 Å². The number of hydrogen-bond donors (Lipinski definition) is 3. The van der Waals surface area contributed by atoms with Crippen LogP contribution in [0.15, 0.2) is 49.1 Å². The Morgan fingerprint density at radius 2 is 1.86 bits per heavy atom. The molecule has 0 radical (unpaired) electrons. The fourth-order valence-electron chi connectivity index (χ4n) is 2.10. The minimum Gasteiger partial charge on any atom is -0.351 e. The van der Waals surface area contributed by atoms with Crippen LogP contribution >= 0.6 is 0 Å². The Labute approximate surface area is 128 Å². The number of imidazole rings is 1. The van der Waals surface area contributed by atoms with Gasteiger partial charge in [-0.25, -0.2) is 4.98 Å². The van der Waals surface area contributed by atoms with Crippen LogP contribution in [0, 0.1) is 0 Å². The van der Waals surface area contributed by atoms with Crippen molar-refractivity contribution in [3.8, 4) is 0 Å². The molecule has 0 atom stereocenters. The Morgan fingerprint density at radius 1 is 1.19 bits per heavy atom. The first-order chi connectivity index (χ1) is 10.4. The number of nitrogens with zero attached hydrogens (tertiary/aromatic N) is 1. The zero-order valence-corrected chi connectivity index (χ0v) is 13.0. The largest absolute Gasteiger partial charge is 0.351 e. The first-order valence-electron chi connectivity index (χ1n) is 7.77. The van der Waals surface area contributed by atoms with Gasteiger partial charge in [0.15, 0.2) is 0 Å². The molecule has 116 valence electrons. The monoisotopic (exact) mass is 288 g/mol. The van der Waals surface area contributed by atoms with Crippen LogP contribution in [0.2, 0.25) is 0 Å².